The Kier molecular flexibility index (Phi) is 6.73. The number of hydrogen-bond donors (Lipinski definition) is 2. The van der Waals surface area contributed by atoms with Gasteiger partial charge in [-0.05, 0) is 23.6 Å². The number of ether oxygens (including phenoxy) is 1. The Morgan fingerprint density at radius 1 is 1.23 bits per heavy atom. The summed E-state index contributed by atoms with van der Waals surface area (Å²) < 4.78 is 8.56. The standard InChI is InChI=1S/C21H28N6O3/c1-15(2)12-27-19(22)18(20(28)24-21(27)29)25(10-11-30-3)13-16-4-6-17(7-5-16)26-9-8-23-14-26/h4-9,14-15H,10-13,22H2,1-3H3,(H,24,28,29). The van der Waals surface area contributed by atoms with E-state index in [1.807, 2.05) is 53.8 Å². The average molecular weight is 412 g/mol. The second kappa shape index (κ2) is 9.45. The number of nitrogen functional groups attached to an aromatic ring is 1. The smallest absolute Gasteiger partial charge is 0.330 e. The Labute approximate surface area is 174 Å². The summed E-state index contributed by atoms with van der Waals surface area (Å²) in [5.74, 6) is 0.371. The molecule has 0 amide bonds. The molecule has 0 saturated heterocycles. The van der Waals surface area contributed by atoms with Crippen molar-refractivity contribution < 1.29 is 4.74 Å². The van der Waals surface area contributed by atoms with E-state index < -0.39 is 11.2 Å². The summed E-state index contributed by atoms with van der Waals surface area (Å²) >= 11 is 0. The maximum atomic E-state index is 12.7. The molecule has 9 nitrogen and oxygen atoms in total. The molecule has 9 heteroatoms. The average Bonchev–Trinajstić information content (AvgIpc) is 3.24. The van der Waals surface area contributed by atoms with E-state index in [0.717, 1.165) is 11.3 Å². The first-order chi connectivity index (χ1) is 14.4. The van der Waals surface area contributed by atoms with E-state index in [2.05, 4.69) is 9.97 Å². The van der Waals surface area contributed by atoms with Gasteiger partial charge in [-0.2, -0.15) is 0 Å². The number of H-pyrrole nitrogens is 1. The summed E-state index contributed by atoms with van der Waals surface area (Å²) in [5, 5.41) is 0. The minimum Gasteiger partial charge on any atom is -0.383 e. The number of aromatic nitrogens is 4. The zero-order valence-electron chi connectivity index (χ0n) is 17.5. The molecule has 3 aromatic rings. The van der Waals surface area contributed by atoms with E-state index in [1.165, 1.54) is 4.57 Å². The monoisotopic (exact) mass is 412 g/mol. The Hall–Kier alpha value is -3.33. The first-order valence-corrected chi connectivity index (χ1v) is 9.84. The molecule has 0 bridgehead atoms. The van der Waals surface area contributed by atoms with Crippen LogP contribution in [0.4, 0.5) is 11.5 Å². The van der Waals surface area contributed by atoms with E-state index in [9.17, 15) is 9.59 Å². The van der Waals surface area contributed by atoms with Crippen LogP contribution < -0.4 is 21.9 Å². The van der Waals surface area contributed by atoms with Crippen LogP contribution in [0.25, 0.3) is 5.69 Å². The SMILES string of the molecule is COCCN(Cc1ccc(-n2ccnc2)cc1)c1c(N)n(CC(C)C)c(=O)[nH]c1=O. The molecular weight excluding hydrogens is 384 g/mol. The topological polar surface area (TPSA) is 111 Å². The summed E-state index contributed by atoms with van der Waals surface area (Å²) in [6, 6.07) is 7.95. The summed E-state index contributed by atoms with van der Waals surface area (Å²) in [4.78, 5) is 33.2. The van der Waals surface area contributed by atoms with Crippen molar-refractivity contribution in [1.82, 2.24) is 19.1 Å². The predicted octanol–water partition coefficient (Wildman–Crippen LogP) is 1.61. The molecule has 2 aromatic heterocycles. The fourth-order valence-corrected chi connectivity index (χ4v) is 3.31. The van der Waals surface area contributed by atoms with Crippen molar-refractivity contribution in [2.75, 3.05) is 30.9 Å². The molecule has 0 aliphatic carbocycles. The van der Waals surface area contributed by atoms with E-state index in [-0.39, 0.29) is 17.4 Å². The second-order valence-corrected chi connectivity index (χ2v) is 7.55. The molecule has 0 fully saturated rings. The molecule has 1 aromatic carbocycles. The van der Waals surface area contributed by atoms with Crippen molar-refractivity contribution in [3.05, 3.63) is 69.4 Å². The maximum absolute atomic E-state index is 12.7. The summed E-state index contributed by atoms with van der Waals surface area (Å²) in [7, 11) is 1.60. The number of nitrogens with one attached hydrogen (secondary N) is 1. The maximum Gasteiger partial charge on any atom is 0.330 e. The summed E-state index contributed by atoms with van der Waals surface area (Å²) in [6.45, 7) is 5.71. The minimum atomic E-state index is -0.497. The van der Waals surface area contributed by atoms with Crippen LogP contribution in [0.2, 0.25) is 0 Å². The Morgan fingerprint density at radius 2 is 1.97 bits per heavy atom. The highest BCUT2D eigenvalue weighted by Crippen LogP contribution is 2.20. The normalized spacial score (nSPS) is 11.2. The van der Waals surface area contributed by atoms with Gasteiger partial charge in [-0.25, -0.2) is 9.78 Å². The summed E-state index contributed by atoms with van der Waals surface area (Å²) in [6.07, 6.45) is 5.33. The molecule has 0 aliphatic heterocycles. The molecule has 2 heterocycles. The molecule has 0 radical (unpaired) electrons. The van der Waals surface area contributed by atoms with Crippen LogP contribution in [-0.2, 0) is 17.8 Å². The molecule has 0 aliphatic rings. The molecule has 0 saturated carbocycles. The zero-order valence-corrected chi connectivity index (χ0v) is 17.5. The van der Waals surface area contributed by atoms with Gasteiger partial charge in [-0.1, -0.05) is 26.0 Å². The van der Waals surface area contributed by atoms with Gasteiger partial charge in [-0.15, -0.1) is 0 Å². The van der Waals surface area contributed by atoms with Crippen LogP contribution in [0, 0.1) is 5.92 Å². The lowest BCUT2D eigenvalue weighted by atomic mass is 10.1. The molecule has 0 spiro atoms. The molecular formula is C21H28N6O3. The van der Waals surface area contributed by atoms with Crippen LogP contribution in [0.15, 0.2) is 52.6 Å². The number of rotatable bonds is 9. The Balaban J connectivity index is 1.95. The first kappa shape index (κ1) is 21.4. The van der Waals surface area contributed by atoms with E-state index in [4.69, 9.17) is 10.5 Å². The highest BCUT2D eigenvalue weighted by atomic mass is 16.5. The lowest BCUT2D eigenvalue weighted by molar-refractivity contribution is 0.205. The number of hydrogen-bond acceptors (Lipinski definition) is 6. The lowest BCUT2D eigenvalue weighted by Gasteiger charge is -2.26. The fourth-order valence-electron chi connectivity index (χ4n) is 3.31. The number of nitrogens with zero attached hydrogens (tertiary/aromatic N) is 4. The van der Waals surface area contributed by atoms with Gasteiger partial charge in [0.25, 0.3) is 5.56 Å². The third kappa shape index (κ3) is 4.80. The molecule has 0 unspecified atom stereocenters. The van der Waals surface area contributed by atoms with Gasteiger partial charge in [0.1, 0.15) is 11.5 Å². The largest absolute Gasteiger partial charge is 0.383 e. The van der Waals surface area contributed by atoms with Crippen LogP contribution in [-0.4, -0.2) is 39.4 Å². The van der Waals surface area contributed by atoms with Gasteiger partial charge in [0, 0.05) is 44.8 Å². The summed E-state index contributed by atoms with van der Waals surface area (Å²) in [5.41, 5.74) is 7.57. The van der Waals surface area contributed by atoms with Gasteiger partial charge in [-0.3, -0.25) is 14.3 Å². The van der Waals surface area contributed by atoms with Crippen molar-refractivity contribution in [3.63, 3.8) is 0 Å². The molecule has 3 N–H and O–H groups in total. The first-order valence-electron chi connectivity index (χ1n) is 9.84. The number of nitrogens with two attached hydrogens (primary N) is 1. The van der Waals surface area contributed by atoms with Crippen LogP contribution in [0.5, 0.6) is 0 Å². The van der Waals surface area contributed by atoms with Crippen molar-refractivity contribution in [2.45, 2.75) is 26.9 Å². The molecule has 3 rings (SSSR count). The van der Waals surface area contributed by atoms with Gasteiger partial charge in [0.15, 0.2) is 0 Å². The van der Waals surface area contributed by atoms with Gasteiger partial charge >= 0.3 is 5.69 Å². The highest BCUT2D eigenvalue weighted by Gasteiger charge is 2.19. The Morgan fingerprint density at radius 3 is 2.57 bits per heavy atom. The van der Waals surface area contributed by atoms with Crippen LogP contribution in [0.1, 0.15) is 19.4 Å². The third-order valence-corrected chi connectivity index (χ3v) is 4.76. The minimum absolute atomic E-state index is 0.170. The van der Waals surface area contributed by atoms with E-state index in [0.29, 0.717) is 26.2 Å². The van der Waals surface area contributed by atoms with Crippen LogP contribution >= 0.6 is 0 Å². The van der Waals surface area contributed by atoms with Gasteiger partial charge in [0.2, 0.25) is 0 Å². The zero-order chi connectivity index (χ0) is 21.7. The molecule has 30 heavy (non-hydrogen) atoms. The predicted molar refractivity (Wildman–Crippen MR) is 117 cm³/mol. The van der Waals surface area contributed by atoms with Crippen molar-refractivity contribution in [1.29, 1.82) is 0 Å². The van der Waals surface area contributed by atoms with Gasteiger partial charge in [0.05, 0.1) is 12.9 Å². The molecule has 0 atom stereocenters. The van der Waals surface area contributed by atoms with Crippen molar-refractivity contribution >= 4 is 11.5 Å². The number of imidazole rings is 1. The van der Waals surface area contributed by atoms with Crippen molar-refractivity contribution in [2.24, 2.45) is 5.92 Å². The van der Waals surface area contributed by atoms with E-state index in [1.54, 1.807) is 19.6 Å². The third-order valence-electron chi connectivity index (χ3n) is 4.76. The number of anilines is 2. The Bertz CT molecular complexity index is 1070. The fraction of sp³-hybridized carbons (Fsp3) is 0.381. The van der Waals surface area contributed by atoms with Gasteiger partial charge < -0.3 is 19.9 Å². The number of methoxy groups -OCH3 is 1. The number of aromatic amines is 1. The number of benzene rings is 1. The van der Waals surface area contributed by atoms with E-state index >= 15 is 0 Å². The van der Waals surface area contributed by atoms with Crippen molar-refractivity contribution in [3.8, 4) is 5.69 Å². The second-order valence-electron chi connectivity index (χ2n) is 7.55. The van der Waals surface area contributed by atoms with Crippen LogP contribution in [0.3, 0.4) is 0 Å². The lowest BCUT2D eigenvalue weighted by Crippen LogP contribution is -2.39. The molecule has 160 valence electrons. The quantitative estimate of drug-likeness (QED) is 0.552. The highest BCUT2D eigenvalue weighted by molar-refractivity contribution is 5.62.